The van der Waals surface area contributed by atoms with Gasteiger partial charge in [-0.15, -0.1) is 0 Å². The number of hydrogen-bond donors (Lipinski definition) is 4. The van der Waals surface area contributed by atoms with Gasteiger partial charge in [0.25, 0.3) is 0 Å². The van der Waals surface area contributed by atoms with E-state index >= 15 is 0 Å². The molecule has 5 heterocycles. The third-order valence-electron chi connectivity index (χ3n) is 15.1. The van der Waals surface area contributed by atoms with Crippen LogP contribution in [0.15, 0.2) is 12.2 Å². The number of carbonyl (C=O) groups excluding carboxylic acids is 1. The molecule has 5 aliphatic rings. The summed E-state index contributed by atoms with van der Waals surface area (Å²) in [6.45, 7) is 21.8. The number of hydrogen-bond acceptors (Lipinski definition) is 10. The van der Waals surface area contributed by atoms with Crippen LogP contribution >= 0.6 is 0 Å². The van der Waals surface area contributed by atoms with Crippen LogP contribution in [-0.2, 0) is 33.3 Å². The monoisotopic (exact) mass is 779 g/mol. The lowest BCUT2D eigenvalue weighted by Gasteiger charge is -2.55. The summed E-state index contributed by atoms with van der Waals surface area (Å²) in [6, 6.07) is 0. The summed E-state index contributed by atoms with van der Waals surface area (Å²) >= 11 is 0. The van der Waals surface area contributed by atoms with Crippen molar-refractivity contribution in [3.8, 4) is 0 Å². The van der Waals surface area contributed by atoms with E-state index in [-0.39, 0.29) is 47.8 Å². The number of carbonyl (C=O) groups is 2. The van der Waals surface area contributed by atoms with Crippen molar-refractivity contribution >= 4 is 11.8 Å². The summed E-state index contributed by atoms with van der Waals surface area (Å²) < 4.78 is 33.9. The highest BCUT2D eigenvalue weighted by atomic mass is 16.8. The maximum absolute atomic E-state index is 14.6. The van der Waals surface area contributed by atoms with Gasteiger partial charge in [-0.25, -0.2) is 0 Å². The molecule has 0 aliphatic carbocycles. The van der Waals surface area contributed by atoms with Crippen molar-refractivity contribution in [2.24, 2.45) is 47.3 Å². The molecular weight excluding hydrogens is 704 g/mol. The number of carboxylic acid groups (broad SMARTS) is 1. The molecule has 0 radical (unpaired) electrons. The smallest absolute Gasteiger partial charge is 0.309 e. The fourth-order valence-corrected chi connectivity index (χ4v) is 11.2. The fraction of sp³-hybridized carbons (Fsp3) is 0.909. The van der Waals surface area contributed by atoms with Gasteiger partial charge >= 0.3 is 5.97 Å². The number of carboxylic acids is 1. The molecule has 316 valence electrons. The highest BCUT2D eigenvalue weighted by Gasteiger charge is 2.63. The van der Waals surface area contributed by atoms with E-state index in [1.54, 1.807) is 13.0 Å². The number of rotatable bonds is 13. The first-order chi connectivity index (χ1) is 25.8. The molecule has 0 bridgehead atoms. The second-order valence-corrected chi connectivity index (χ2v) is 18.7. The summed E-state index contributed by atoms with van der Waals surface area (Å²) in [7, 11) is 0. The van der Waals surface area contributed by atoms with Crippen LogP contribution in [0.2, 0.25) is 0 Å². The van der Waals surface area contributed by atoms with Crippen LogP contribution < -0.4 is 0 Å². The van der Waals surface area contributed by atoms with Crippen LogP contribution in [-0.4, -0.2) is 97.7 Å². The van der Waals surface area contributed by atoms with Gasteiger partial charge in [-0.1, -0.05) is 62.3 Å². The van der Waals surface area contributed by atoms with E-state index in [4.69, 9.17) is 23.7 Å². The molecule has 11 heteroatoms. The molecular formula is C44H74O11. The van der Waals surface area contributed by atoms with Gasteiger partial charge in [0.15, 0.2) is 5.79 Å². The van der Waals surface area contributed by atoms with Crippen LogP contribution in [0.3, 0.4) is 0 Å². The molecule has 55 heavy (non-hydrogen) atoms. The molecule has 4 fully saturated rings. The maximum Gasteiger partial charge on any atom is 0.309 e. The van der Waals surface area contributed by atoms with Crippen molar-refractivity contribution in [3.63, 3.8) is 0 Å². The topological polar surface area (TPSA) is 161 Å². The lowest BCUT2D eigenvalue weighted by atomic mass is 9.71. The molecule has 4 saturated heterocycles. The Kier molecular flexibility index (Phi) is 13.8. The second-order valence-electron chi connectivity index (χ2n) is 18.7. The van der Waals surface area contributed by atoms with Crippen molar-refractivity contribution < 1.29 is 53.7 Å². The summed E-state index contributed by atoms with van der Waals surface area (Å²) in [5.74, 6) is -5.74. The fourth-order valence-electron chi connectivity index (χ4n) is 11.2. The van der Waals surface area contributed by atoms with E-state index in [0.717, 1.165) is 19.3 Å². The SMILES string of the molecule is CCC(C(=O)O)C1OC(C(C)C(O)C(C)C(=O)C(CC)C2OC3(C=CC(O)C4(CCC(C)(C5CCC(O)(CC)C(C)O5)O4)O3)C(CC)CC2C)C(C)CC1C. The molecule has 5 aliphatic heterocycles. The third kappa shape index (κ3) is 8.26. The minimum Gasteiger partial charge on any atom is -0.481 e. The first-order valence-electron chi connectivity index (χ1n) is 21.7. The van der Waals surface area contributed by atoms with Crippen LogP contribution in [0, 0.1) is 47.3 Å². The molecule has 0 aromatic carbocycles. The summed E-state index contributed by atoms with van der Waals surface area (Å²) in [5, 5.41) is 44.3. The lowest BCUT2D eigenvalue weighted by molar-refractivity contribution is -0.410. The number of aliphatic carboxylic acids is 1. The molecule has 5 rings (SSSR count). The predicted molar refractivity (Wildman–Crippen MR) is 208 cm³/mol. The summed E-state index contributed by atoms with van der Waals surface area (Å²) in [5.41, 5.74) is -1.64. The minimum atomic E-state index is -1.37. The lowest BCUT2D eigenvalue weighted by Crippen LogP contribution is -2.63. The normalized spacial score (nSPS) is 46.3. The molecule has 0 saturated carbocycles. The van der Waals surface area contributed by atoms with Crippen molar-refractivity contribution in [3.05, 3.63) is 12.2 Å². The Morgan fingerprint density at radius 3 is 2.07 bits per heavy atom. The van der Waals surface area contributed by atoms with Crippen molar-refractivity contribution in [1.82, 2.24) is 0 Å². The zero-order chi connectivity index (χ0) is 40.8. The quantitative estimate of drug-likeness (QED) is 0.145. The molecule has 19 atom stereocenters. The Balaban J connectivity index is 1.34. The third-order valence-corrected chi connectivity index (χ3v) is 15.1. The van der Waals surface area contributed by atoms with E-state index in [1.807, 2.05) is 54.5 Å². The molecule has 11 nitrogen and oxygen atoms in total. The van der Waals surface area contributed by atoms with Crippen molar-refractivity contribution in [1.29, 1.82) is 0 Å². The summed E-state index contributed by atoms with van der Waals surface area (Å²) in [4.78, 5) is 26.6. The molecule has 2 spiro atoms. The van der Waals surface area contributed by atoms with E-state index in [1.165, 1.54) is 0 Å². The Labute approximate surface area is 330 Å². The van der Waals surface area contributed by atoms with Gasteiger partial charge in [-0.2, -0.15) is 0 Å². The van der Waals surface area contributed by atoms with Crippen LogP contribution in [0.4, 0.5) is 0 Å². The first-order valence-corrected chi connectivity index (χ1v) is 21.7. The number of Topliss-reactive ketones (excluding diaryl/α,β-unsaturated/α-hetero) is 1. The van der Waals surface area contributed by atoms with Gasteiger partial charge < -0.3 is 44.1 Å². The Bertz CT molecular complexity index is 1370. The number of ether oxygens (including phenoxy) is 5. The van der Waals surface area contributed by atoms with E-state index < -0.39 is 76.8 Å². The minimum absolute atomic E-state index is 0.0150. The van der Waals surface area contributed by atoms with Gasteiger partial charge in [0.1, 0.15) is 11.9 Å². The average molecular weight is 779 g/mol. The highest BCUT2D eigenvalue weighted by Crippen LogP contribution is 2.54. The Morgan fingerprint density at radius 1 is 0.855 bits per heavy atom. The molecule has 19 unspecified atom stereocenters. The predicted octanol–water partition coefficient (Wildman–Crippen LogP) is 6.82. The standard InChI is InChI=1S/C44H74O11/c1-12-30-23-26(7)39(31(13-2)36(47)27(8)35(46)28(9)37-24(5)22-25(6)38(52-37)32(14-3)40(48)49)53-43(30)19-16-33(45)44(55-43)21-20-41(11,54-44)34-17-18-42(50,15-4)29(10)51-34/h16,19,24-35,37-39,45-46,50H,12-15,17-18,20-23H2,1-11H3,(H,48,49). The Morgan fingerprint density at radius 2 is 1.49 bits per heavy atom. The van der Waals surface area contributed by atoms with Crippen LogP contribution in [0.5, 0.6) is 0 Å². The molecule has 0 aromatic rings. The van der Waals surface area contributed by atoms with E-state index in [9.17, 15) is 30.0 Å². The van der Waals surface area contributed by atoms with Crippen LogP contribution in [0.1, 0.15) is 140 Å². The summed E-state index contributed by atoms with van der Waals surface area (Å²) in [6.07, 6.45) is 5.59. The van der Waals surface area contributed by atoms with Gasteiger partial charge in [-0.05, 0) is 102 Å². The maximum atomic E-state index is 14.6. The zero-order valence-electron chi connectivity index (χ0n) is 35.5. The number of aliphatic hydroxyl groups is 3. The largest absolute Gasteiger partial charge is 0.481 e. The van der Waals surface area contributed by atoms with Crippen LogP contribution in [0.25, 0.3) is 0 Å². The Hall–Kier alpha value is -1.44. The second kappa shape index (κ2) is 17.0. The number of aliphatic hydroxyl groups excluding tert-OH is 2. The van der Waals surface area contributed by atoms with Gasteiger partial charge in [-0.3, -0.25) is 9.59 Å². The number of ketones is 1. The van der Waals surface area contributed by atoms with Crippen molar-refractivity contribution in [2.75, 3.05) is 0 Å². The molecule has 0 amide bonds. The van der Waals surface area contributed by atoms with E-state index in [0.29, 0.717) is 44.9 Å². The molecule has 0 aromatic heterocycles. The van der Waals surface area contributed by atoms with E-state index in [2.05, 4.69) is 20.8 Å². The molecule has 4 N–H and O–H groups in total. The average Bonchev–Trinajstić information content (AvgIpc) is 3.49. The van der Waals surface area contributed by atoms with Gasteiger partial charge in [0.05, 0.1) is 53.7 Å². The highest BCUT2D eigenvalue weighted by molar-refractivity contribution is 5.84. The van der Waals surface area contributed by atoms with Gasteiger partial charge in [0, 0.05) is 30.1 Å². The zero-order valence-corrected chi connectivity index (χ0v) is 35.5. The van der Waals surface area contributed by atoms with Gasteiger partial charge in [0.2, 0.25) is 5.79 Å². The first kappa shape index (κ1) is 44.7. The van der Waals surface area contributed by atoms with Crippen molar-refractivity contribution in [2.45, 2.75) is 206 Å².